The van der Waals surface area contributed by atoms with Gasteiger partial charge in [-0.1, -0.05) is 13.8 Å². The van der Waals surface area contributed by atoms with Crippen LogP contribution >= 0.6 is 0 Å². The molecule has 1 aliphatic heterocycles. The minimum Gasteiger partial charge on any atom is -0.389 e. The van der Waals surface area contributed by atoms with Gasteiger partial charge in [0.2, 0.25) is 0 Å². The highest BCUT2D eigenvalue weighted by Gasteiger charge is 2.39. The quantitative estimate of drug-likeness (QED) is 0.601. The molecule has 3 heteroatoms. The molecule has 1 aliphatic rings. The van der Waals surface area contributed by atoms with Crippen molar-refractivity contribution >= 4 is 0 Å². The summed E-state index contributed by atoms with van der Waals surface area (Å²) < 4.78 is 5.39. The summed E-state index contributed by atoms with van der Waals surface area (Å²) in [6, 6.07) is 0. The summed E-state index contributed by atoms with van der Waals surface area (Å²) in [6.07, 6.45) is 0.425. The predicted octanol–water partition coefficient (Wildman–Crippen LogP) is 0.121. The van der Waals surface area contributed by atoms with Crippen molar-refractivity contribution in [1.82, 2.24) is 0 Å². The largest absolute Gasteiger partial charge is 0.389 e. The summed E-state index contributed by atoms with van der Waals surface area (Å²) in [5, 5.41) is 9.44. The van der Waals surface area contributed by atoms with Crippen molar-refractivity contribution in [3.8, 4) is 0 Å². The molecule has 0 aromatic carbocycles. The molecule has 3 N–H and O–H groups in total. The summed E-state index contributed by atoms with van der Waals surface area (Å²) in [6.45, 7) is 5.23. The Hall–Kier alpha value is -0.120. The molecule has 0 saturated carbocycles. The number of aliphatic hydroxyl groups is 1. The summed E-state index contributed by atoms with van der Waals surface area (Å²) >= 11 is 0. The van der Waals surface area contributed by atoms with Crippen LogP contribution in [0.2, 0.25) is 0 Å². The molecule has 3 nitrogen and oxygen atoms in total. The molecule has 0 aromatic rings. The first-order valence-corrected chi connectivity index (χ1v) is 4.07. The van der Waals surface area contributed by atoms with Gasteiger partial charge in [-0.25, -0.2) is 0 Å². The zero-order chi connectivity index (χ0) is 8.48. The van der Waals surface area contributed by atoms with Gasteiger partial charge in [0.25, 0.3) is 0 Å². The number of hydrogen-bond donors (Lipinski definition) is 2. The van der Waals surface area contributed by atoms with Crippen LogP contribution < -0.4 is 5.73 Å². The Bertz CT molecular complexity index is 136. The van der Waals surface area contributed by atoms with E-state index in [9.17, 15) is 5.11 Å². The van der Waals surface area contributed by atoms with E-state index in [0.29, 0.717) is 0 Å². The van der Waals surface area contributed by atoms with Crippen molar-refractivity contribution in [2.75, 3.05) is 13.2 Å². The van der Waals surface area contributed by atoms with Crippen molar-refractivity contribution in [2.45, 2.75) is 32.5 Å². The van der Waals surface area contributed by atoms with Crippen LogP contribution in [-0.4, -0.2) is 30.5 Å². The van der Waals surface area contributed by atoms with Crippen LogP contribution in [0, 0.1) is 5.41 Å². The number of hydrogen-bond acceptors (Lipinski definition) is 3. The highest BCUT2D eigenvalue weighted by molar-refractivity contribution is 4.89. The molecule has 2 atom stereocenters. The average Bonchev–Trinajstić information content (AvgIpc) is 2.28. The molecular formula is C8H17NO2. The fourth-order valence-corrected chi connectivity index (χ4v) is 1.57. The first kappa shape index (κ1) is 8.97. The van der Waals surface area contributed by atoms with Crippen LogP contribution in [0.4, 0.5) is 0 Å². The van der Waals surface area contributed by atoms with Gasteiger partial charge in [0.05, 0.1) is 12.2 Å². The third-order valence-electron chi connectivity index (χ3n) is 2.40. The summed E-state index contributed by atoms with van der Waals surface area (Å²) in [4.78, 5) is 0. The second-order valence-corrected chi connectivity index (χ2v) is 3.83. The van der Waals surface area contributed by atoms with E-state index < -0.39 is 6.10 Å². The Morgan fingerprint density at radius 2 is 2.36 bits per heavy atom. The molecule has 0 bridgehead atoms. The molecule has 1 fully saturated rings. The van der Waals surface area contributed by atoms with E-state index in [1.807, 2.05) is 0 Å². The third-order valence-corrected chi connectivity index (χ3v) is 2.40. The van der Waals surface area contributed by atoms with Gasteiger partial charge in [-0.3, -0.25) is 0 Å². The maximum absolute atomic E-state index is 9.44. The van der Waals surface area contributed by atoms with E-state index in [-0.39, 0.29) is 18.1 Å². The number of ether oxygens (including phenoxy) is 1. The molecule has 1 saturated heterocycles. The van der Waals surface area contributed by atoms with Crippen molar-refractivity contribution in [2.24, 2.45) is 11.1 Å². The first-order valence-electron chi connectivity index (χ1n) is 4.07. The summed E-state index contributed by atoms with van der Waals surface area (Å²) in [7, 11) is 0. The molecule has 0 aromatic heterocycles. The Labute approximate surface area is 67.5 Å². The molecule has 0 amide bonds. The molecule has 0 aliphatic carbocycles. The second-order valence-electron chi connectivity index (χ2n) is 3.83. The van der Waals surface area contributed by atoms with Gasteiger partial charge in [0.1, 0.15) is 0 Å². The van der Waals surface area contributed by atoms with E-state index in [1.54, 1.807) is 0 Å². The van der Waals surface area contributed by atoms with E-state index in [4.69, 9.17) is 10.5 Å². The summed E-state index contributed by atoms with van der Waals surface area (Å²) in [5.41, 5.74) is 5.43. The molecule has 0 spiro atoms. The lowest BCUT2D eigenvalue weighted by molar-refractivity contribution is -0.0348. The van der Waals surface area contributed by atoms with E-state index in [0.717, 1.165) is 13.0 Å². The average molecular weight is 159 g/mol. The van der Waals surface area contributed by atoms with Crippen LogP contribution in [0.3, 0.4) is 0 Å². The van der Waals surface area contributed by atoms with Crippen molar-refractivity contribution in [3.05, 3.63) is 0 Å². The molecule has 66 valence electrons. The predicted molar refractivity (Wildman–Crippen MR) is 43.2 cm³/mol. The molecule has 1 heterocycles. The molecular weight excluding hydrogens is 142 g/mol. The van der Waals surface area contributed by atoms with Crippen LogP contribution in [0.5, 0.6) is 0 Å². The number of rotatable bonds is 2. The Morgan fingerprint density at radius 3 is 2.73 bits per heavy atom. The van der Waals surface area contributed by atoms with Crippen molar-refractivity contribution < 1.29 is 9.84 Å². The molecule has 11 heavy (non-hydrogen) atoms. The zero-order valence-electron chi connectivity index (χ0n) is 7.21. The van der Waals surface area contributed by atoms with E-state index >= 15 is 0 Å². The van der Waals surface area contributed by atoms with Gasteiger partial charge in [-0.05, 0) is 11.8 Å². The lowest BCUT2D eigenvalue weighted by Gasteiger charge is -2.28. The fourth-order valence-electron chi connectivity index (χ4n) is 1.57. The number of nitrogens with two attached hydrogens (primary N) is 1. The highest BCUT2D eigenvalue weighted by Crippen LogP contribution is 2.35. The third kappa shape index (κ3) is 1.72. The maximum atomic E-state index is 9.44. The second kappa shape index (κ2) is 3.09. The van der Waals surface area contributed by atoms with Gasteiger partial charge in [-0.2, -0.15) is 0 Å². The van der Waals surface area contributed by atoms with Crippen LogP contribution in [-0.2, 0) is 4.74 Å². The van der Waals surface area contributed by atoms with Crippen LogP contribution in [0.15, 0.2) is 0 Å². The number of aliphatic hydroxyl groups excluding tert-OH is 1. The minimum absolute atomic E-state index is 0.0764. The van der Waals surface area contributed by atoms with Gasteiger partial charge in [0.15, 0.2) is 0 Å². The smallest absolute Gasteiger partial charge is 0.0928 e. The molecule has 0 unspecified atom stereocenters. The van der Waals surface area contributed by atoms with Crippen LogP contribution in [0.25, 0.3) is 0 Å². The monoisotopic (exact) mass is 159 g/mol. The Balaban J connectivity index is 2.57. The zero-order valence-corrected chi connectivity index (χ0v) is 7.21. The van der Waals surface area contributed by atoms with Gasteiger partial charge in [0, 0.05) is 13.2 Å². The lowest BCUT2D eigenvalue weighted by Crippen LogP contribution is -2.40. The Morgan fingerprint density at radius 1 is 1.73 bits per heavy atom. The van der Waals surface area contributed by atoms with Gasteiger partial charge in [-0.15, -0.1) is 0 Å². The topological polar surface area (TPSA) is 55.5 Å². The minimum atomic E-state index is -0.507. The normalized spacial score (nSPS) is 32.2. The standard InChI is InChI=1S/C8H17NO2/c1-8(2)3-4-11-7(8)6(10)5-9/h6-7,10H,3-5,9H2,1-2H3/t6-,7+/m0/s1. The molecule has 1 rings (SSSR count). The Kier molecular flexibility index (Phi) is 2.52. The maximum Gasteiger partial charge on any atom is 0.0928 e. The van der Waals surface area contributed by atoms with Crippen LogP contribution in [0.1, 0.15) is 20.3 Å². The molecule has 0 radical (unpaired) electrons. The van der Waals surface area contributed by atoms with E-state index in [2.05, 4.69) is 13.8 Å². The first-order chi connectivity index (χ1) is 5.08. The highest BCUT2D eigenvalue weighted by atomic mass is 16.5. The van der Waals surface area contributed by atoms with Gasteiger partial charge >= 0.3 is 0 Å². The van der Waals surface area contributed by atoms with Gasteiger partial charge < -0.3 is 15.6 Å². The lowest BCUT2D eigenvalue weighted by atomic mass is 9.83. The van der Waals surface area contributed by atoms with Crippen molar-refractivity contribution in [3.63, 3.8) is 0 Å². The van der Waals surface area contributed by atoms with E-state index in [1.165, 1.54) is 0 Å². The van der Waals surface area contributed by atoms with Crippen molar-refractivity contribution in [1.29, 1.82) is 0 Å². The SMILES string of the molecule is CC1(C)CCO[C@@H]1[C@@H](O)CN. The summed E-state index contributed by atoms with van der Waals surface area (Å²) in [5.74, 6) is 0. The fraction of sp³-hybridized carbons (Fsp3) is 1.00.